The first-order valence-corrected chi connectivity index (χ1v) is 8.90. The molecule has 2 amide bonds. The van der Waals surface area contributed by atoms with Gasteiger partial charge in [-0.25, -0.2) is 4.98 Å². The van der Waals surface area contributed by atoms with Crippen LogP contribution in [0.2, 0.25) is 5.02 Å². The van der Waals surface area contributed by atoms with Crippen molar-refractivity contribution in [1.29, 1.82) is 0 Å². The van der Waals surface area contributed by atoms with E-state index >= 15 is 0 Å². The molecule has 1 aromatic carbocycles. The zero-order valence-corrected chi connectivity index (χ0v) is 15.4. The monoisotopic (exact) mass is 372 g/mol. The fraction of sp³-hybridized carbons (Fsp3) is 0.316. The quantitative estimate of drug-likeness (QED) is 0.896. The smallest absolute Gasteiger partial charge is 0.255 e. The van der Waals surface area contributed by atoms with Crippen molar-refractivity contribution in [1.82, 2.24) is 14.8 Å². The molecule has 0 unspecified atom stereocenters. The molecule has 1 aliphatic heterocycles. The molecule has 1 N–H and O–H groups in total. The molecule has 0 bridgehead atoms. The molecule has 1 saturated heterocycles. The number of amides is 2. The van der Waals surface area contributed by atoms with Gasteiger partial charge < -0.3 is 15.1 Å². The first-order valence-electron chi connectivity index (χ1n) is 8.52. The maximum atomic E-state index is 12.6. The summed E-state index contributed by atoms with van der Waals surface area (Å²) in [5.74, 6) is 0.675. The lowest BCUT2D eigenvalue weighted by atomic mass is 10.2. The number of piperazine rings is 1. The van der Waals surface area contributed by atoms with Crippen LogP contribution in [0.4, 0.5) is 5.82 Å². The van der Waals surface area contributed by atoms with Gasteiger partial charge in [0.1, 0.15) is 5.82 Å². The summed E-state index contributed by atoms with van der Waals surface area (Å²) in [6, 6.07) is 11.2. The molecule has 0 atom stereocenters. The first-order chi connectivity index (χ1) is 12.5. The molecule has 136 valence electrons. The van der Waals surface area contributed by atoms with Gasteiger partial charge in [-0.3, -0.25) is 9.59 Å². The third kappa shape index (κ3) is 4.32. The van der Waals surface area contributed by atoms with Crippen LogP contribution in [0.1, 0.15) is 22.8 Å². The van der Waals surface area contributed by atoms with Crippen LogP contribution in [-0.2, 0) is 11.3 Å². The SMILES string of the molecule is CC(=O)N1CCN(C(=O)c2ccc(NCc3ccccc3Cl)nc2)CC1. The molecule has 2 aromatic rings. The van der Waals surface area contributed by atoms with Crippen molar-refractivity contribution < 1.29 is 9.59 Å². The van der Waals surface area contributed by atoms with Crippen molar-refractivity contribution in [3.8, 4) is 0 Å². The lowest BCUT2D eigenvalue weighted by molar-refractivity contribution is -0.130. The molecule has 6 nitrogen and oxygen atoms in total. The second-order valence-corrected chi connectivity index (χ2v) is 6.58. The zero-order valence-electron chi connectivity index (χ0n) is 14.6. The fourth-order valence-corrected chi connectivity index (χ4v) is 3.06. The summed E-state index contributed by atoms with van der Waals surface area (Å²) < 4.78 is 0. The highest BCUT2D eigenvalue weighted by molar-refractivity contribution is 6.31. The van der Waals surface area contributed by atoms with Crippen LogP contribution in [0.15, 0.2) is 42.6 Å². The Labute approximate surface area is 157 Å². The van der Waals surface area contributed by atoms with Crippen LogP contribution in [0, 0.1) is 0 Å². The topological polar surface area (TPSA) is 65.5 Å². The number of aromatic nitrogens is 1. The van der Waals surface area contributed by atoms with E-state index in [1.54, 1.807) is 35.1 Å². The van der Waals surface area contributed by atoms with Gasteiger partial charge >= 0.3 is 0 Å². The van der Waals surface area contributed by atoms with E-state index in [4.69, 9.17) is 11.6 Å². The number of halogens is 1. The zero-order chi connectivity index (χ0) is 18.5. The Balaban J connectivity index is 1.56. The minimum absolute atomic E-state index is 0.0488. The molecule has 1 fully saturated rings. The number of carbonyl (C=O) groups is 2. The van der Waals surface area contributed by atoms with Crippen LogP contribution in [0.3, 0.4) is 0 Å². The largest absolute Gasteiger partial charge is 0.366 e. The number of hydrogen-bond acceptors (Lipinski definition) is 4. The molecular formula is C19H21ClN4O2. The Bertz CT molecular complexity index is 786. The highest BCUT2D eigenvalue weighted by atomic mass is 35.5. The van der Waals surface area contributed by atoms with E-state index in [1.807, 2.05) is 24.3 Å². The molecule has 3 rings (SSSR count). The Morgan fingerprint density at radius 2 is 1.77 bits per heavy atom. The summed E-state index contributed by atoms with van der Waals surface area (Å²) >= 11 is 6.14. The Morgan fingerprint density at radius 1 is 1.08 bits per heavy atom. The van der Waals surface area contributed by atoms with E-state index in [-0.39, 0.29) is 11.8 Å². The number of hydrogen-bond donors (Lipinski definition) is 1. The molecule has 2 heterocycles. The lowest BCUT2D eigenvalue weighted by Crippen LogP contribution is -2.50. The van der Waals surface area contributed by atoms with E-state index in [9.17, 15) is 9.59 Å². The predicted octanol–water partition coefficient (Wildman–Crippen LogP) is 2.65. The normalized spacial score (nSPS) is 14.2. The van der Waals surface area contributed by atoms with Crippen molar-refractivity contribution in [3.05, 3.63) is 58.7 Å². The van der Waals surface area contributed by atoms with Gasteiger partial charge in [-0.1, -0.05) is 29.8 Å². The van der Waals surface area contributed by atoms with Crippen LogP contribution < -0.4 is 5.32 Å². The van der Waals surface area contributed by atoms with Gasteiger partial charge in [-0.05, 0) is 23.8 Å². The lowest BCUT2D eigenvalue weighted by Gasteiger charge is -2.34. The average molecular weight is 373 g/mol. The molecule has 1 aliphatic rings. The van der Waals surface area contributed by atoms with Crippen molar-refractivity contribution in [3.63, 3.8) is 0 Å². The highest BCUT2D eigenvalue weighted by Gasteiger charge is 2.23. The maximum absolute atomic E-state index is 12.6. The number of carbonyl (C=O) groups excluding carboxylic acids is 2. The number of rotatable bonds is 4. The van der Waals surface area contributed by atoms with Crippen LogP contribution >= 0.6 is 11.6 Å². The van der Waals surface area contributed by atoms with Gasteiger partial charge in [0, 0.05) is 50.9 Å². The van der Waals surface area contributed by atoms with Gasteiger partial charge in [-0.2, -0.15) is 0 Å². The number of nitrogens with zero attached hydrogens (tertiary/aromatic N) is 3. The molecular weight excluding hydrogens is 352 g/mol. The fourth-order valence-electron chi connectivity index (χ4n) is 2.86. The maximum Gasteiger partial charge on any atom is 0.255 e. The Morgan fingerprint density at radius 3 is 2.38 bits per heavy atom. The minimum atomic E-state index is -0.0571. The van der Waals surface area contributed by atoms with E-state index in [0.717, 1.165) is 5.56 Å². The van der Waals surface area contributed by atoms with Crippen molar-refractivity contribution >= 4 is 29.2 Å². The molecule has 7 heteroatoms. The number of anilines is 1. The minimum Gasteiger partial charge on any atom is -0.366 e. The predicted molar refractivity (Wildman–Crippen MR) is 101 cm³/mol. The van der Waals surface area contributed by atoms with Crippen molar-refractivity contribution in [2.75, 3.05) is 31.5 Å². The van der Waals surface area contributed by atoms with Gasteiger partial charge in [0.25, 0.3) is 5.91 Å². The molecule has 26 heavy (non-hydrogen) atoms. The summed E-state index contributed by atoms with van der Waals surface area (Å²) in [6.45, 7) is 4.36. The first kappa shape index (κ1) is 18.2. The molecule has 0 spiro atoms. The van der Waals surface area contributed by atoms with Crippen LogP contribution in [0.25, 0.3) is 0 Å². The molecule has 0 radical (unpaired) electrons. The highest BCUT2D eigenvalue weighted by Crippen LogP contribution is 2.17. The third-order valence-corrected chi connectivity index (χ3v) is 4.81. The molecule has 0 saturated carbocycles. The summed E-state index contributed by atoms with van der Waals surface area (Å²) in [7, 11) is 0. The summed E-state index contributed by atoms with van der Waals surface area (Å²) in [4.78, 5) is 31.7. The Hall–Kier alpha value is -2.60. The number of nitrogens with one attached hydrogen (secondary N) is 1. The number of pyridine rings is 1. The van der Waals surface area contributed by atoms with E-state index in [2.05, 4.69) is 10.3 Å². The summed E-state index contributed by atoms with van der Waals surface area (Å²) in [6.07, 6.45) is 1.58. The standard InChI is InChI=1S/C19H21ClN4O2/c1-14(25)23-8-10-24(11-9-23)19(26)16-6-7-18(22-13-16)21-12-15-4-2-3-5-17(15)20/h2-7,13H,8-12H2,1H3,(H,21,22). The number of benzene rings is 1. The Kier molecular flexibility index (Phi) is 5.73. The van der Waals surface area contributed by atoms with E-state index in [0.29, 0.717) is 49.1 Å². The van der Waals surface area contributed by atoms with E-state index in [1.165, 1.54) is 0 Å². The van der Waals surface area contributed by atoms with Crippen molar-refractivity contribution in [2.24, 2.45) is 0 Å². The second kappa shape index (κ2) is 8.19. The van der Waals surface area contributed by atoms with E-state index < -0.39 is 0 Å². The van der Waals surface area contributed by atoms with Gasteiger partial charge in [0.05, 0.1) is 5.56 Å². The average Bonchev–Trinajstić information content (AvgIpc) is 2.67. The van der Waals surface area contributed by atoms with Gasteiger partial charge in [0.2, 0.25) is 5.91 Å². The molecule has 0 aliphatic carbocycles. The van der Waals surface area contributed by atoms with Gasteiger partial charge in [-0.15, -0.1) is 0 Å². The van der Waals surface area contributed by atoms with Gasteiger partial charge in [0.15, 0.2) is 0 Å². The van der Waals surface area contributed by atoms with Crippen molar-refractivity contribution in [2.45, 2.75) is 13.5 Å². The molecule has 1 aromatic heterocycles. The summed E-state index contributed by atoms with van der Waals surface area (Å²) in [5.41, 5.74) is 1.53. The van der Waals surface area contributed by atoms with Crippen LogP contribution in [0.5, 0.6) is 0 Å². The second-order valence-electron chi connectivity index (χ2n) is 6.18. The third-order valence-electron chi connectivity index (χ3n) is 4.44. The van der Waals surface area contributed by atoms with Crippen LogP contribution in [-0.4, -0.2) is 52.8 Å². The summed E-state index contributed by atoms with van der Waals surface area (Å²) in [5, 5.41) is 3.91.